The van der Waals surface area contributed by atoms with Crippen molar-refractivity contribution in [2.24, 2.45) is 0 Å². The van der Waals surface area contributed by atoms with Gasteiger partial charge in [0.25, 0.3) is 0 Å². The Kier molecular flexibility index (Phi) is 4.13. The fraction of sp³-hybridized carbons (Fsp3) is 0.250. The number of para-hydroxylation sites is 1. The lowest BCUT2D eigenvalue weighted by Gasteiger charge is -2.21. The maximum Gasteiger partial charge on any atom is 0.133 e. The molecule has 3 aromatic rings. The van der Waals surface area contributed by atoms with Gasteiger partial charge in [-0.15, -0.1) is 11.3 Å². The third kappa shape index (κ3) is 3.04. The predicted molar refractivity (Wildman–Crippen MR) is 88.7 cm³/mol. The van der Waals surface area contributed by atoms with Crippen molar-refractivity contribution in [1.29, 1.82) is 0 Å². The first kappa shape index (κ1) is 14.0. The van der Waals surface area contributed by atoms with Gasteiger partial charge >= 0.3 is 0 Å². The van der Waals surface area contributed by atoms with E-state index < -0.39 is 0 Å². The minimum atomic E-state index is 0.769. The van der Waals surface area contributed by atoms with Crippen LogP contribution < -0.4 is 10.2 Å². The van der Waals surface area contributed by atoms with Gasteiger partial charge in [-0.1, -0.05) is 18.2 Å². The number of pyridine rings is 1. The van der Waals surface area contributed by atoms with Crippen molar-refractivity contribution in [3.63, 3.8) is 0 Å². The number of anilines is 1. The van der Waals surface area contributed by atoms with Crippen molar-refractivity contribution in [1.82, 2.24) is 15.3 Å². The molecule has 0 atom stereocenters. The molecule has 0 aliphatic heterocycles. The van der Waals surface area contributed by atoms with Crippen LogP contribution in [0.1, 0.15) is 11.3 Å². The summed E-state index contributed by atoms with van der Waals surface area (Å²) >= 11 is 1.62. The van der Waals surface area contributed by atoms with Crippen LogP contribution >= 0.6 is 11.3 Å². The second-order valence-corrected chi connectivity index (χ2v) is 5.75. The van der Waals surface area contributed by atoms with Crippen LogP contribution in [0.25, 0.3) is 10.9 Å². The molecule has 1 N–H and O–H groups in total. The van der Waals surface area contributed by atoms with Crippen LogP contribution in [0, 0.1) is 0 Å². The Morgan fingerprint density at radius 1 is 1.29 bits per heavy atom. The number of benzene rings is 1. The average molecular weight is 298 g/mol. The van der Waals surface area contributed by atoms with Crippen molar-refractivity contribution in [2.45, 2.75) is 13.1 Å². The normalized spacial score (nSPS) is 11.0. The average Bonchev–Trinajstić information content (AvgIpc) is 2.99. The molecule has 0 saturated heterocycles. The highest BCUT2D eigenvalue weighted by Gasteiger charge is 2.12. The number of rotatable bonds is 5. The SMILES string of the molecule is CNCc1cc2ccccc2nc1N(C)Cc1cscn1. The van der Waals surface area contributed by atoms with Crippen LogP contribution in [-0.4, -0.2) is 24.1 Å². The topological polar surface area (TPSA) is 41.1 Å². The second-order valence-electron chi connectivity index (χ2n) is 5.03. The van der Waals surface area contributed by atoms with Crippen LogP contribution in [-0.2, 0) is 13.1 Å². The molecule has 0 fully saturated rings. The van der Waals surface area contributed by atoms with E-state index in [-0.39, 0.29) is 0 Å². The number of nitrogens with one attached hydrogen (secondary N) is 1. The Balaban J connectivity index is 1.99. The molecule has 0 radical (unpaired) electrons. The number of hydrogen-bond acceptors (Lipinski definition) is 5. The molecule has 2 heterocycles. The third-order valence-corrected chi connectivity index (χ3v) is 4.03. The summed E-state index contributed by atoms with van der Waals surface area (Å²) < 4.78 is 0. The Morgan fingerprint density at radius 2 is 2.14 bits per heavy atom. The van der Waals surface area contributed by atoms with E-state index in [0.717, 1.165) is 30.1 Å². The molecule has 0 unspecified atom stereocenters. The van der Waals surface area contributed by atoms with Crippen molar-refractivity contribution in [3.8, 4) is 0 Å². The largest absolute Gasteiger partial charge is 0.353 e. The smallest absolute Gasteiger partial charge is 0.133 e. The summed E-state index contributed by atoms with van der Waals surface area (Å²) in [6, 6.07) is 10.4. The van der Waals surface area contributed by atoms with Crippen molar-refractivity contribution < 1.29 is 0 Å². The zero-order chi connectivity index (χ0) is 14.7. The third-order valence-electron chi connectivity index (χ3n) is 3.39. The van der Waals surface area contributed by atoms with Gasteiger partial charge in [0.1, 0.15) is 5.82 Å². The fourth-order valence-corrected chi connectivity index (χ4v) is 2.98. The first-order valence-corrected chi connectivity index (χ1v) is 7.83. The predicted octanol–water partition coefficient (Wildman–Crippen LogP) is 3.05. The lowest BCUT2D eigenvalue weighted by atomic mass is 10.1. The van der Waals surface area contributed by atoms with Gasteiger partial charge in [-0.3, -0.25) is 0 Å². The first-order valence-electron chi connectivity index (χ1n) is 6.89. The van der Waals surface area contributed by atoms with E-state index in [9.17, 15) is 0 Å². The number of fused-ring (bicyclic) bond motifs is 1. The van der Waals surface area contributed by atoms with Gasteiger partial charge in [0.05, 0.1) is 23.3 Å². The van der Waals surface area contributed by atoms with E-state index >= 15 is 0 Å². The van der Waals surface area contributed by atoms with E-state index in [1.807, 2.05) is 24.7 Å². The van der Waals surface area contributed by atoms with Gasteiger partial charge in [-0.25, -0.2) is 9.97 Å². The van der Waals surface area contributed by atoms with Crippen molar-refractivity contribution >= 4 is 28.1 Å². The molecule has 0 saturated carbocycles. The van der Waals surface area contributed by atoms with Crippen molar-refractivity contribution in [3.05, 3.63) is 52.5 Å². The number of thiazole rings is 1. The summed E-state index contributed by atoms with van der Waals surface area (Å²) in [4.78, 5) is 11.3. The monoisotopic (exact) mass is 298 g/mol. The van der Waals surface area contributed by atoms with Crippen LogP contribution in [0.15, 0.2) is 41.2 Å². The minimum Gasteiger partial charge on any atom is -0.353 e. The molecule has 0 aliphatic carbocycles. The molecule has 0 spiro atoms. The van der Waals surface area contributed by atoms with Crippen molar-refractivity contribution in [2.75, 3.05) is 19.0 Å². The van der Waals surface area contributed by atoms with Crippen LogP contribution in [0.2, 0.25) is 0 Å². The summed E-state index contributed by atoms with van der Waals surface area (Å²) in [6.07, 6.45) is 0. The Bertz CT molecular complexity index is 724. The minimum absolute atomic E-state index is 0.769. The Morgan fingerprint density at radius 3 is 2.90 bits per heavy atom. The number of nitrogens with zero attached hydrogens (tertiary/aromatic N) is 3. The molecular weight excluding hydrogens is 280 g/mol. The first-order chi connectivity index (χ1) is 10.3. The zero-order valence-electron chi connectivity index (χ0n) is 12.2. The summed E-state index contributed by atoms with van der Waals surface area (Å²) in [7, 11) is 4.02. The Labute approximate surface area is 128 Å². The van der Waals surface area contributed by atoms with Gasteiger partial charge in [0, 0.05) is 29.9 Å². The van der Waals surface area contributed by atoms with E-state index in [1.165, 1.54) is 10.9 Å². The van der Waals surface area contributed by atoms with Crippen LogP contribution in [0.3, 0.4) is 0 Å². The summed E-state index contributed by atoms with van der Waals surface area (Å²) in [5.74, 6) is 1.01. The number of hydrogen-bond donors (Lipinski definition) is 1. The van der Waals surface area contributed by atoms with Gasteiger partial charge in [-0.05, 0) is 19.2 Å². The molecule has 0 bridgehead atoms. The van der Waals surface area contributed by atoms with E-state index in [0.29, 0.717) is 0 Å². The molecule has 21 heavy (non-hydrogen) atoms. The quantitative estimate of drug-likeness (QED) is 0.786. The summed E-state index contributed by atoms with van der Waals surface area (Å²) in [5, 5.41) is 6.48. The molecule has 4 nitrogen and oxygen atoms in total. The molecule has 0 amide bonds. The fourth-order valence-electron chi connectivity index (χ4n) is 2.43. The number of aromatic nitrogens is 2. The molecule has 108 valence electrons. The van der Waals surface area contributed by atoms with Gasteiger partial charge in [-0.2, -0.15) is 0 Å². The summed E-state index contributed by atoms with van der Waals surface area (Å²) in [5.41, 5.74) is 5.17. The van der Waals surface area contributed by atoms with E-state index in [1.54, 1.807) is 11.3 Å². The van der Waals surface area contributed by atoms with Crippen LogP contribution in [0.5, 0.6) is 0 Å². The molecular formula is C16H18N4S. The zero-order valence-corrected chi connectivity index (χ0v) is 13.0. The highest BCUT2D eigenvalue weighted by Crippen LogP contribution is 2.24. The Hall–Kier alpha value is -1.98. The molecule has 2 aromatic heterocycles. The van der Waals surface area contributed by atoms with Gasteiger partial charge < -0.3 is 10.2 Å². The standard InChI is InChI=1S/C16H18N4S/c1-17-8-13-7-12-5-3-4-6-15(12)19-16(13)20(2)9-14-10-21-11-18-14/h3-7,10-11,17H,8-9H2,1-2H3. The van der Waals surface area contributed by atoms with Gasteiger partial charge in [0.15, 0.2) is 0 Å². The molecule has 3 rings (SSSR count). The highest BCUT2D eigenvalue weighted by atomic mass is 32.1. The van der Waals surface area contributed by atoms with Gasteiger partial charge in [0.2, 0.25) is 0 Å². The molecule has 0 aliphatic rings. The van der Waals surface area contributed by atoms with E-state index in [4.69, 9.17) is 4.98 Å². The highest BCUT2D eigenvalue weighted by molar-refractivity contribution is 7.07. The lowest BCUT2D eigenvalue weighted by molar-refractivity contribution is 0.795. The van der Waals surface area contributed by atoms with Crippen LogP contribution in [0.4, 0.5) is 5.82 Å². The molecule has 1 aromatic carbocycles. The van der Waals surface area contributed by atoms with E-state index in [2.05, 4.69) is 45.8 Å². The lowest BCUT2D eigenvalue weighted by Crippen LogP contribution is -2.21. The molecule has 5 heteroatoms. The maximum absolute atomic E-state index is 4.84. The second kappa shape index (κ2) is 6.20. The maximum atomic E-state index is 4.84. The summed E-state index contributed by atoms with van der Waals surface area (Å²) in [6.45, 7) is 1.57.